The third kappa shape index (κ3) is 4.74. The summed E-state index contributed by atoms with van der Waals surface area (Å²) in [5, 5.41) is 2.96. The number of anilines is 2. The van der Waals surface area contributed by atoms with Crippen molar-refractivity contribution in [2.45, 2.75) is 6.92 Å². The van der Waals surface area contributed by atoms with Crippen LogP contribution in [-0.2, 0) is 9.47 Å². The van der Waals surface area contributed by atoms with Crippen molar-refractivity contribution in [3.8, 4) is 0 Å². The van der Waals surface area contributed by atoms with E-state index in [1.54, 1.807) is 19.1 Å². The molecule has 0 saturated carbocycles. The van der Waals surface area contributed by atoms with Crippen molar-refractivity contribution < 1.29 is 19.1 Å². The summed E-state index contributed by atoms with van der Waals surface area (Å²) in [7, 11) is 0. The Morgan fingerprint density at radius 3 is 2.63 bits per heavy atom. The fourth-order valence-corrected chi connectivity index (χ4v) is 1.40. The number of rotatable bonds is 6. The van der Waals surface area contributed by atoms with Crippen molar-refractivity contribution in [1.29, 1.82) is 0 Å². The molecule has 1 rings (SSSR count). The van der Waals surface area contributed by atoms with E-state index in [9.17, 15) is 9.59 Å². The van der Waals surface area contributed by atoms with E-state index in [2.05, 4.69) is 10.1 Å². The SMILES string of the molecule is CCOC(=O)c1ccc(NCCOC(N)=O)c(N)c1. The fourth-order valence-electron chi connectivity index (χ4n) is 1.40. The number of hydrogen-bond donors (Lipinski definition) is 3. The minimum Gasteiger partial charge on any atom is -0.462 e. The highest BCUT2D eigenvalue weighted by Gasteiger charge is 2.08. The standard InChI is InChI=1S/C12H17N3O4/c1-2-18-11(16)8-3-4-10(9(13)7-8)15-5-6-19-12(14)17/h3-4,7,15H,2,5-6,13H2,1H3,(H2,14,17). The summed E-state index contributed by atoms with van der Waals surface area (Å²) in [6, 6.07) is 4.78. The number of esters is 1. The van der Waals surface area contributed by atoms with Gasteiger partial charge in [0.1, 0.15) is 6.61 Å². The molecule has 0 unspecified atom stereocenters. The van der Waals surface area contributed by atoms with Gasteiger partial charge in [-0.2, -0.15) is 0 Å². The van der Waals surface area contributed by atoms with E-state index in [0.29, 0.717) is 30.1 Å². The Labute approximate surface area is 110 Å². The molecule has 0 aliphatic carbocycles. The minimum absolute atomic E-state index is 0.133. The Morgan fingerprint density at radius 2 is 2.05 bits per heavy atom. The zero-order valence-corrected chi connectivity index (χ0v) is 10.6. The number of carbonyl (C=O) groups is 2. The lowest BCUT2D eigenvalue weighted by Crippen LogP contribution is -2.18. The number of nitrogens with two attached hydrogens (primary N) is 2. The van der Waals surface area contributed by atoms with Gasteiger partial charge in [-0.3, -0.25) is 0 Å². The first-order valence-electron chi connectivity index (χ1n) is 5.77. The smallest absolute Gasteiger partial charge is 0.404 e. The highest BCUT2D eigenvalue weighted by molar-refractivity contribution is 5.91. The molecule has 0 aliphatic heterocycles. The van der Waals surface area contributed by atoms with Crippen LogP contribution in [0.3, 0.4) is 0 Å². The fraction of sp³-hybridized carbons (Fsp3) is 0.333. The predicted octanol–water partition coefficient (Wildman–Crippen LogP) is 0.953. The summed E-state index contributed by atoms with van der Waals surface area (Å²) in [5.41, 5.74) is 12.0. The van der Waals surface area contributed by atoms with Gasteiger partial charge >= 0.3 is 12.1 Å². The highest BCUT2D eigenvalue weighted by Crippen LogP contribution is 2.20. The van der Waals surface area contributed by atoms with E-state index in [-0.39, 0.29) is 6.61 Å². The number of carbonyl (C=O) groups excluding carboxylic acids is 2. The Bertz CT molecular complexity index is 462. The molecule has 19 heavy (non-hydrogen) atoms. The molecule has 0 atom stereocenters. The molecule has 1 amide bonds. The first-order chi connectivity index (χ1) is 9.04. The van der Waals surface area contributed by atoms with Crippen molar-refractivity contribution in [1.82, 2.24) is 0 Å². The van der Waals surface area contributed by atoms with Gasteiger partial charge in [0.25, 0.3) is 0 Å². The van der Waals surface area contributed by atoms with Crippen LogP contribution in [0.5, 0.6) is 0 Å². The van der Waals surface area contributed by atoms with E-state index in [1.807, 2.05) is 0 Å². The number of nitrogen functional groups attached to an aromatic ring is 1. The van der Waals surface area contributed by atoms with Crippen LogP contribution >= 0.6 is 0 Å². The largest absolute Gasteiger partial charge is 0.462 e. The molecule has 0 radical (unpaired) electrons. The summed E-state index contributed by atoms with van der Waals surface area (Å²) < 4.78 is 9.42. The van der Waals surface area contributed by atoms with Crippen LogP contribution in [0.1, 0.15) is 17.3 Å². The van der Waals surface area contributed by atoms with E-state index >= 15 is 0 Å². The van der Waals surface area contributed by atoms with Gasteiger partial charge in [0.15, 0.2) is 0 Å². The van der Waals surface area contributed by atoms with Crippen LogP contribution in [0, 0.1) is 0 Å². The van der Waals surface area contributed by atoms with Gasteiger partial charge in [-0.1, -0.05) is 0 Å². The maximum atomic E-state index is 11.5. The topological polar surface area (TPSA) is 117 Å². The second-order valence-electron chi connectivity index (χ2n) is 3.62. The maximum Gasteiger partial charge on any atom is 0.404 e. The monoisotopic (exact) mass is 267 g/mol. The van der Waals surface area contributed by atoms with Crippen LogP contribution in [0.15, 0.2) is 18.2 Å². The first kappa shape index (κ1) is 14.6. The predicted molar refractivity (Wildman–Crippen MR) is 70.8 cm³/mol. The Morgan fingerprint density at radius 1 is 1.32 bits per heavy atom. The van der Waals surface area contributed by atoms with Crippen LogP contribution in [0.25, 0.3) is 0 Å². The van der Waals surface area contributed by atoms with E-state index in [0.717, 1.165) is 0 Å². The zero-order valence-electron chi connectivity index (χ0n) is 10.6. The summed E-state index contributed by atoms with van der Waals surface area (Å²) in [5.74, 6) is -0.419. The van der Waals surface area contributed by atoms with Crippen LogP contribution in [-0.4, -0.2) is 31.8 Å². The average Bonchev–Trinajstić information content (AvgIpc) is 2.36. The van der Waals surface area contributed by atoms with Gasteiger partial charge in [0.2, 0.25) is 0 Å². The van der Waals surface area contributed by atoms with E-state index in [1.165, 1.54) is 6.07 Å². The van der Waals surface area contributed by atoms with Crippen molar-refractivity contribution >= 4 is 23.4 Å². The summed E-state index contributed by atoms with van der Waals surface area (Å²) >= 11 is 0. The van der Waals surface area contributed by atoms with Gasteiger partial charge in [-0.25, -0.2) is 9.59 Å². The van der Waals surface area contributed by atoms with E-state index < -0.39 is 12.1 Å². The molecular weight excluding hydrogens is 250 g/mol. The van der Waals surface area contributed by atoms with Crippen molar-refractivity contribution in [3.05, 3.63) is 23.8 Å². The van der Waals surface area contributed by atoms with Crippen molar-refractivity contribution in [3.63, 3.8) is 0 Å². The molecule has 7 nitrogen and oxygen atoms in total. The third-order valence-corrected chi connectivity index (χ3v) is 2.22. The van der Waals surface area contributed by atoms with E-state index in [4.69, 9.17) is 16.2 Å². The highest BCUT2D eigenvalue weighted by atomic mass is 16.5. The molecule has 0 saturated heterocycles. The van der Waals surface area contributed by atoms with Gasteiger partial charge in [-0.15, -0.1) is 0 Å². The molecule has 1 aromatic rings. The molecule has 0 spiro atoms. The lowest BCUT2D eigenvalue weighted by molar-refractivity contribution is 0.0526. The third-order valence-electron chi connectivity index (χ3n) is 2.22. The average molecular weight is 267 g/mol. The number of primary amides is 1. The summed E-state index contributed by atoms with van der Waals surface area (Å²) in [6.45, 7) is 2.54. The number of benzene rings is 1. The van der Waals surface area contributed by atoms with Crippen LogP contribution in [0.2, 0.25) is 0 Å². The molecule has 0 aliphatic rings. The Kier molecular flexibility index (Phi) is 5.46. The summed E-state index contributed by atoms with van der Waals surface area (Å²) in [6.07, 6.45) is -0.826. The summed E-state index contributed by atoms with van der Waals surface area (Å²) in [4.78, 5) is 21.8. The molecule has 0 heterocycles. The molecule has 0 aromatic heterocycles. The van der Waals surface area contributed by atoms with Gasteiger partial charge in [-0.05, 0) is 25.1 Å². The lowest BCUT2D eigenvalue weighted by Gasteiger charge is -2.10. The van der Waals surface area contributed by atoms with Gasteiger partial charge in [0, 0.05) is 6.54 Å². The second-order valence-corrected chi connectivity index (χ2v) is 3.62. The minimum atomic E-state index is -0.826. The van der Waals surface area contributed by atoms with Gasteiger partial charge < -0.3 is 26.3 Å². The Balaban J connectivity index is 2.57. The molecule has 0 bridgehead atoms. The van der Waals surface area contributed by atoms with Gasteiger partial charge in [0.05, 0.1) is 23.5 Å². The van der Waals surface area contributed by atoms with Crippen molar-refractivity contribution in [2.24, 2.45) is 5.73 Å². The lowest BCUT2D eigenvalue weighted by atomic mass is 10.1. The van der Waals surface area contributed by atoms with Crippen LogP contribution in [0.4, 0.5) is 16.2 Å². The normalized spacial score (nSPS) is 9.74. The zero-order chi connectivity index (χ0) is 14.3. The number of hydrogen-bond acceptors (Lipinski definition) is 6. The quantitative estimate of drug-likeness (QED) is 0.401. The maximum absolute atomic E-state index is 11.5. The number of nitrogens with one attached hydrogen (secondary N) is 1. The molecule has 5 N–H and O–H groups in total. The van der Waals surface area contributed by atoms with Crippen molar-refractivity contribution in [2.75, 3.05) is 30.8 Å². The van der Waals surface area contributed by atoms with Crippen LogP contribution < -0.4 is 16.8 Å². The Hall–Kier alpha value is -2.44. The molecule has 7 heteroatoms. The molecular formula is C12H17N3O4. The molecule has 0 fully saturated rings. The second kappa shape index (κ2) is 7.10. The number of ether oxygens (including phenoxy) is 2. The first-order valence-corrected chi connectivity index (χ1v) is 5.77. The molecule has 104 valence electrons. The molecule has 1 aromatic carbocycles. The number of amides is 1.